The zero-order valence-corrected chi connectivity index (χ0v) is 22.4. The third-order valence-corrected chi connectivity index (χ3v) is 10.6. The second-order valence-corrected chi connectivity index (χ2v) is 12.5. The van der Waals surface area contributed by atoms with E-state index in [9.17, 15) is 15.3 Å². The van der Waals surface area contributed by atoms with Gasteiger partial charge in [0.15, 0.2) is 5.79 Å². The van der Waals surface area contributed by atoms with Crippen LogP contribution in [0.15, 0.2) is 35.4 Å². The Bertz CT molecular complexity index is 1140. The number of aliphatic hydroxyl groups excluding tert-OH is 1. The van der Waals surface area contributed by atoms with Crippen LogP contribution in [-0.2, 0) is 9.47 Å². The quantitative estimate of drug-likeness (QED) is 0.418. The Kier molecular flexibility index (Phi) is 6.06. The fraction of sp³-hybridized carbons (Fsp3) is 0.677. The topological polar surface area (TPSA) is 82.4 Å². The maximum absolute atomic E-state index is 12.1. The van der Waals surface area contributed by atoms with Crippen LogP contribution in [0.5, 0.6) is 0 Å². The van der Waals surface area contributed by atoms with Crippen LogP contribution in [0.3, 0.4) is 0 Å². The van der Waals surface area contributed by atoms with Gasteiger partial charge in [0.2, 0.25) is 0 Å². The van der Waals surface area contributed by atoms with Gasteiger partial charge < -0.3 is 29.7 Å². The van der Waals surface area contributed by atoms with Crippen molar-refractivity contribution in [3.8, 4) is 11.8 Å². The first-order valence-corrected chi connectivity index (χ1v) is 14.0. The molecule has 1 heterocycles. The number of ether oxygens (including phenoxy) is 2. The Morgan fingerprint density at radius 3 is 2.43 bits per heavy atom. The first kappa shape index (κ1) is 25.4. The van der Waals surface area contributed by atoms with E-state index in [1.807, 2.05) is 14.1 Å². The van der Waals surface area contributed by atoms with Crippen molar-refractivity contribution in [2.24, 2.45) is 17.3 Å². The van der Waals surface area contributed by atoms with Crippen molar-refractivity contribution in [1.82, 2.24) is 0 Å². The highest BCUT2D eigenvalue weighted by atomic mass is 16.7. The minimum atomic E-state index is -1.12. The smallest absolute Gasteiger partial charge is 0.171 e. The van der Waals surface area contributed by atoms with Gasteiger partial charge >= 0.3 is 0 Å². The number of hydrogen-bond donors (Lipinski definition) is 3. The highest BCUT2D eigenvalue weighted by Gasteiger charge is 2.64. The third-order valence-electron chi connectivity index (χ3n) is 10.6. The molecule has 200 valence electrons. The fourth-order valence-electron chi connectivity index (χ4n) is 8.71. The number of nitrogens with zero attached hydrogens (tertiary/aromatic N) is 1. The number of benzene rings is 1. The van der Waals surface area contributed by atoms with E-state index in [1.54, 1.807) is 0 Å². The molecule has 1 aromatic carbocycles. The molecule has 4 fully saturated rings. The zero-order chi connectivity index (χ0) is 26.1. The molecule has 37 heavy (non-hydrogen) atoms. The normalized spacial score (nSPS) is 40.0. The molecule has 1 aliphatic heterocycles. The van der Waals surface area contributed by atoms with E-state index in [0.717, 1.165) is 37.8 Å². The van der Waals surface area contributed by atoms with Crippen LogP contribution >= 0.6 is 0 Å². The van der Waals surface area contributed by atoms with Gasteiger partial charge in [-0.1, -0.05) is 36.5 Å². The zero-order valence-electron chi connectivity index (χ0n) is 22.4. The molecule has 5 aliphatic rings. The van der Waals surface area contributed by atoms with Gasteiger partial charge in [0.25, 0.3) is 0 Å². The first-order chi connectivity index (χ1) is 17.6. The van der Waals surface area contributed by atoms with E-state index in [4.69, 9.17) is 9.47 Å². The summed E-state index contributed by atoms with van der Waals surface area (Å²) >= 11 is 0. The summed E-state index contributed by atoms with van der Waals surface area (Å²) in [6.45, 7) is 3.17. The summed E-state index contributed by atoms with van der Waals surface area (Å²) in [6.07, 6.45) is 5.97. The molecule has 6 heteroatoms. The van der Waals surface area contributed by atoms with Crippen LogP contribution < -0.4 is 4.90 Å². The molecule has 1 saturated heterocycles. The van der Waals surface area contributed by atoms with E-state index >= 15 is 0 Å². The van der Waals surface area contributed by atoms with Gasteiger partial charge in [-0.15, -0.1) is 0 Å². The van der Waals surface area contributed by atoms with Crippen molar-refractivity contribution in [2.45, 2.75) is 81.2 Å². The first-order valence-electron chi connectivity index (χ1n) is 14.0. The highest BCUT2D eigenvalue weighted by Crippen LogP contribution is 2.67. The summed E-state index contributed by atoms with van der Waals surface area (Å²) in [5.74, 6) is 5.92. The predicted octanol–water partition coefficient (Wildman–Crippen LogP) is 3.75. The van der Waals surface area contributed by atoms with Gasteiger partial charge in [-0.25, -0.2) is 0 Å². The van der Waals surface area contributed by atoms with Crippen molar-refractivity contribution < 1.29 is 24.8 Å². The van der Waals surface area contributed by atoms with Crippen molar-refractivity contribution in [1.29, 1.82) is 0 Å². The summed E-state index contributed by atoms with van der Waals surface area (Å²) in [5, 5.41) is 33.4. The largest absolute Gasteiger partial charge is 0.385 e. The van der Waals surface area contributed by atoms with E-state index in [0.29, 0.717) is 44.3 Å². The Balaban J connectivity index is 1.47. The molecule has 1 spiro atoms. The molecule has 6 nitrogen and oxygen atoms in total. The van der Waals surface area contributed by atoms with E-state index in [2.05, 4.69) is 47.9 Å². The molecule has 6 rings (SSSR count). The second kappa shape index (κ2) is 8.83. The highest BCUT2D eigenvalue weighted by molar-refractivity contribution is 5.50. The number of allylic oxidation sites excluding steroid dienone is 1. The second-order valence-electron chi connectivity index (χ2n) is 12.5. The average molecular weight is 508 g/mol. The SMILES string of the molecule is CN(C)c1ccc([C@H]2C[C@@]3(C)[C@@H](CC[C@]3(O)C#CCO)[C@@H]3CC[C@@]4(O)CC5(CCC4=C32)OCCO5)cc1. The Morgan fingerprint density at radius 1 is 1.03 bits per heavy atom. The van der Waals surface area contributed by atoms with Gasteiger partial charge in [0.1, 0.15) is 12.2 Å². The number of fused-ring (bicyclic) bond motifs is 4. The van der Waals surface area contributed by atoms with E-state index in [1.165, 1.54) is 16.7 Å². The Morgan fingerprint density at radius 2 is 1.76 bits per heavy atom. The fourth-order valence-corrected chi connectivity index (χ4v) is 8.71. The lowest BCUT2D eigenvalue weighted by Crippen LogP contribution is -2.55. The average Bonchev–Trinajstić information content (AvgIpc) is 3.43. The number of hydrogen-bond acceptors (Lipinski definition) is 6. The summed E-state index contributed by atoms with van der Waals surface area (Å²) in [6, 6.07) is 8.79. The number of rotatable bonds is 2. The maximum atomic E-state index is 12.1. The minimum Gasteiger partial charge on any atom is -0.385 e. The van der Waals surface area contributed by atoms with Crippen LogP contribution in [0.1, 0.15) is 69.8 Å². The predicted molar refractivity (Wildman–Crippen MR) is 142 cm³/mol. The molecule has 0 bridgehead atoms. The summed E-state index contributed by atoms with van der Waals surface area (Å²) < 4.78 is 12.1. The minimum absolute atomic E-state index is 0.101. The van der Waals surface area contributed by atoms with Gasteiger partial charge in [0.05, 0.1) is 18.8 Å². The monoisotopic (exact) mass is 507 g/mol. The molecule has 1 aromatic rings. The molecule has 0 unspecified atom stereocenters. The van der Waals surface area contributed by atoms with Crippen LogP contribution in [0, 0.1) is 29.1 Å². The van der Waals surface area contributed by atoms with E-state index in [-0.39, 0.29) is 12.5 Å². The molecule has 0 radical (unpaired) electrons. The van der Waals surface area contributed by atoms with Crippen molar-refractivity contribution in [2.75, 3.05) is 38.8 Å². The van der Waals surface area contributed by atoms with Crippen LogP contribution in [0.4, 0.5) is 5.69 Å². The van der Waals surface area contributed by atoms with Gasteiger partial charge in [-0.2, -0.15) is 0 Å². The molecule has 3 N–H and O–H groups in total. The van der Waals surface area contributed by atoms with Crippen molar-refractivity contribution >= 4 is 5.69 Å². The third kappa shape index (κ3) is 3.81. The Hall–Kier alpha value is -1.88. The van der Waals surface area contributed by atoms with E-state index < -0.39 is 22.4 Å². The maximum Gasteiger partial charge on any atom is 0.171 e. The molecule has 0 aromatic heterocycles. The van der Waals surface area contributed by atoms with Crippen LogP contribution in [0.2, 0.25) is 0 Å². The molecular formula is C31H41NO5. The number of anilines is 1. The summed E-state index contributed by atoms with van der Waals surface area (Å²) in [5.41, 5.74) is 2.58. The van der Waals surface area contributed by atoms with Crippen molar-refractivity contribution in [3.05, 3.63) is 41.0 Å². The van der Waals surface area contributed by atoms with Crippen LogP contribution in [0.25, 0.3) is 0 Å². The van der Waals surface area contributed by atoms with Gasteiger partial charge in [0, 0.05) is 44.0 Å². The van der Waals surface area contributed by atoms with Crippen LogP contribution in [-0.4, -0.2) is 66.2 Å². The molecule has 3 saturated carbocycles. The molecule has 6 atom stereocenters. The van der Waals surface area contributed by atoms with Crippen molar-refractivity contribution in [3.63, 3.8) is 0 Å². The lowest BCUT2D eigenvalue weighted by atomic mass is 9.49. The number of aliphatic hydroxyl groups is 3. The lowest BCUT2D eigenvalue weighted by molar-refractivity contribution is -0.208. The van der Waals surface area contributed by atoms with Gasteiger partial charge in [-0.3, -0.25) is 0 Å². The Labute approximate surface area is 220 Å². The molecule has 0 amide bonds. The lowest BCUT2D eigenvalue weighted by Gasteiger charge is -2.57. The summed E-state index contributed by atoms with van der Waals surface area (Å²) in [4.78, 5) is 2.11. The standard InChI is InChI=1S/C31H41NO5/c1-28-19-24(21-5-7-22(8-6-21)32(2)3)27-23(25(28)10-14-30(28,35)12-4-16-33)9-13-29(34)20-31(15-11-26(27)29)36-17-18-37-31/h5-8,23-25,33-35H,9-11,13-20H2,1-3H3/t23-,24+,25-,28-,29+,30+/m0/s1. The molecule has 4 aliphatic carbocycles. The summed E-state index contributed by atoms with van der Waals surface area (Å²) in [7, 11) is 4.10. The van der Waals surface area contributed by atoms with Gasteiger partial charge in [-0.05, 0) is 73.6 Å². The molecular weight excluding hydrogens is 466 g/mol.